The quantitative estimate of drug-likeness (QED) is 0.567. The van der Waals surface area contributed by atoms with Gasteiger partial charge in [-0.25, -0.2) is 19.9 Å². The molecule has 4 aromatic rings. The van der Waals surface area contributed by atoms with Gasteiger partial charge >= 0.3 is 0 Å². The maximum Gasteiger partial charge on any atom is 0.212 e. The third kappa shape index (κ3) is 2.92. The first-order valence-corrected chi connectivity index (χ1v) is 7.96. The number of para-hydroxylation sites is 1. The summed E-state index contributed by atoms with van der Waals surface area (Å²) < 4.78 is 5.14. The number of aromatic nitrogens is 4. The molecular weight excluding hydrogens is 312 g/mol. The van der Waals surface area contributed by atoms with Crippen molar-refractivity contribution in [2.24, 2.45) is 0 Å². The van der Waals surface area contributed by atoms with Crippen LogP contribution in [0.3, 0.4) is 0 Å². The average molecular weight is 328 g/mol. The van der Waals surface area contributed by atoms with Crippen LogP contribution in [0.5, 0.6) is 5.88 Å². The van der Waals surface area contributed by atoms with Gasteiger partial charge < -0.3 is 4.74 Å². The van der Waals surface area contributed by atoms with E-state index in [1.54, 1.807) is 13.3 Å². The smallest absolute Gasteiger partial charge is 0.212 e. The normalized spacial score (nSPS) is 10.8. The van der Waals surface area contributed by atoms with E-state index in [9.17, 15) is 0 Å². The Morgan fingerprint density at radius 1 is 0.840 bits per heavy atom. The first-order valence-electron chi connectivity index (χ1n) is 7.96. The lowest BCUT2D eigenvalue weighted by Crippen LogP contribution is -1.97. The molecule has 5 heteroatoms. The molecule has 4 rings (SSSR count). The summed E-state index contributed by atoms with van der Waals surface area (Å²) in [5.41, 5.74) is 4.31. The summed E-state index contributed by atoms with van der Waals surface area (Å²) >= 11 is 0. The van der Waals surface area contributed by atoms with Gasteiger partial charge in [0.15, 0.2) is 5.82 Å². The number of rotatable bonds is 3. The van der Waals surface area contributed by atoms with Crippen molar-refractivity contribution >= 4 is 10.9 Å². The minimum Gasteiger partial charge on any atom is -0.481 e. The van der Waals surface area contributed by atoms with Gasteiger partial charge in [-0.3, -0.25) is 0 Å². The Bertz CT molecular complexity index is 1040. The van der Waals surface area contributed by atoms with Crippen LogP contribution in [-0.4, -0.2) is 27.0 Å². The Labute approximate surface area is 145 Å². The van der Waals surface area contributed by atoms with Crippen LogP contribution in [0.4, 0.5) is 0 Å². The molecule has 0 radical (unpaired) electrons. The highest BCUT2D eigenvalue weighted by Crippen LogP contribution is 2.28. The summed E-state index contributed by atoms with van der Waals surface area (Å²) in [7, 11) is 1.60. The standard InChI is InChI=1S/C20H16N4O/c1-13-6-5-9-17(22-13)20-23-16-8-4-3-7-15(16)19(24-20)14-10-11-18(25-2)21-12-14/h3-12H,1-2H3. The SMILES string of the molecule is COc1ccc(-c2nc(-c3cccc(C)n3)nc3ccccc23)cn1. The van der Waals surface area contributed by atoms with Crippen LogP contribution in [0.2, 0.25) is 0 Å². The molecule has 0 bridgehead atoms. The van der Waals surface area contributed by atoms with E-state index in [1.165, 1.54) is 0 Å². The molecule has 0 aliphatic rings. The summed E-state index contributed by atoms with van der Waals surface area (Å²) in [6.45, 7) is 1.96. The summed E-state index contributed by atoms with van der Waals surface area (Å²) in [4.78, 5) is 18.3. The molecule has 0 N–H and O–H groups in total. The summed E-state index contributed by atoms with van der Waals surface area (Å²) in [5.74, 6) is 1.18. The van der Waals surface area contributed by atoms with Crippen LogP contribution in [-0.2, 0) is 0 Å². The predicted octanol–water partition coefficient (Wildman–Crippen LogP) is 4.07. The van der Waals surface area contributed by atoms with Gasteiger partial charge in [0.1, 0.15) is 5.69 Å². The van der Waals surface area contributed by atoms with Crippen LogP contribution in [0, 0.1) is 6.92 Å². The number of nitrogens with zero attached hydrogens (tertiary/aromatic N) is 4. The Morgan fingerprint density at radius 2 is 1.72 bits per heavy atom. The van der Waals surface area contributed by atoms with Crippen LogP contribution in [0.15, 0.2) is 60.8 Å². The van der Waals surface area contributed by atoms with Gasteiger partial charge in [0.2, 0.25) is 5.88 Å². The lowest BCUT2D eigenvalue weighted by Gasteiger charge is -2.09. The second kappa shape index (κ2) is 6.28. The number of hydrogen-bond donors (Lipinski definition) is 0. The minimum absolute atomic E-state index is 0.572. The van der Waals surface area contributed by atoms with Crippen molar-refractivity contribution in [3.8, 4) is 28.7 Å². The van der Waals surface area contributed by atoms with Gasteiger partial charge in [0, 0.05) is 28.9 Å². The van der Waals surface area contributed by atoms with Crippen molar-refractivity contribution in [2.75, 3.05) is 7.11 Å². The maximum atomic E-state index is 5.14. The number of pyridine rings is 2. The van der Waals surface area contributed by atoms with E-state index in [4.69, 9.17) is 9.72 Å². The third-order valence-corrected chi connectivity index (χ3v) is 3.94. The zero-order chi connectivity index (χ0) is 17.2. The second-order valence-electron chi connectivity index (χ2n) is 5.67. The number of benzene rings is 1. The van der Waals surface area contributed by atoms with Gasteiger partial charge in [-0.15, -0.1) is 0 Å². The molecule has 0 amide bonds. The van der Waals surface area contributed by atoms with Crippen LogP contribution in [0.1, 0.15) is 5.69 Å². The van der Waals surface area contributed by atoms with Crippen molar-refractivity contribution in [2.45, 2.75) is 6.92 Å². The summed E-state index contributed by atoms with van der Waals surface area (Å²) in [5, 5.41) is 0.978. The Balaban J connectivity index is 1.95. The molecule has 122 valence electrons. The van der Waals surface area contributed by atoms with Crippen molar-refractivity contribution in [1.29, 1.82) is 0 Å². The maximum absolute atomic E-state index is 5.14. The highest BCUT2D eigenvalue weighted by molar-refractivity contribution is 5.93. The van der Waals surface area contributed by atoms with E-state index in [-0.39, 0.29) is 0 Å². The number of hydrogen-bond acceptors (Lipinski definition) is 5. The van der Waals surface area contributed by atoms with E-state index in [1.807, 2.05) is 61.5 Å². The molecule has 0 saturated heterocycles. The van der Waals surface area contributed by atoms with Crippen LogP contribution in [0.25, 0.3) is 33.7 Å². The lowest BCUT2D eigenvalue weighted by atomic mass is 10.1. The Hall–Kier alpha value is -3.34. The molecule has 3 aromatic heterocycles. The van der Waals surface area contributed by atoms with Crippen LogP contribution >= 0.6 is 0 Å². The molecule has 1 aromatic carbocycles. The predicted molar refractivity (Wildman–Crippen MR) is 97.3 cm³/mol. The molecule has 0 fully saturated rings. The zero-order valence-corrected chi connectivity index (χ0v) is 14.0. The van der Waals surface area contributed by atoms with E-state index >= 15 is 0 Å². The summed E-state index contributed by atoms with van der Waals surface area (Å²) in [6, 6.07) is 17.6. The van der Waals surface area contributed by atoms with E-state index in [0.717, 1.165) is 33.5 Å². The topological polar surface area (TPSA) is 60.8 Å². The summed E-state index contributed by atoms with van der Waals surface area (Å²) in [6.07, 6.45) is 1.76. The van der Waals surface area contributed by atoms with E-state index < -0.39 is 0 Å². The largest absolute Gasteiger partial charge is 0.481 e. The van der Waals surface area contributed by atoms with Gasteiger partial charge in [-0.1, -0.05) is 24.3 Å². The average Bonchev–Trinajstić information content (AvgIpc) is 2.67. The van der Waals surface area contributed by atoms with Gasteiger partial charge in [-0.2, -0.15) is 0 Å². The van der Waals surface area contributed by atoms with Gasteiger partial charge in [0.05, 0.1) is 18.3 Å². The monoisotopic (exact) mass is 328 g/mol. The molecular formula is C20H16N4O. The van der Waals surface area contributed by atoms with E-state index in [0.29, 0.717) is 11.7 Å². The Kier molecular flexibility index (Phi) is 3.82. The van der Waals surface area contributed by atoms with Crippen molar-refractivity contribution in [3.63, 3.8) is 0 Å². The van der Waals surface area contributed by atoms with Crippen molar-refractivity contribution in [1.82, 2.24) is 19.9 Å². The zero-order valence-electron chi connectivity index (χ0n) is 14.0. The fraction of sp³-hybridized carbons (Fsp3) is 0.100. The molecule has 0 aliphatic carbocycles. The highest BCUT2D eigenvalue weighted by atomic mass is 16.5. The molecule has 0 saturated carbocycles. The first-order chi connectivity index (χ1) is 12.2. The fourth-order valence-corrected chi connectivity index (χ4v) is 2.72. The number of methoxy groups -OCH3 is 1. The fourth-order valence-electron chi connectivity index (χ4n) is 2.72. The number of aryl methyl sites for hydroxylation is 1. The second-order valence-corrected chi connectivity index (χ2v) is 5.67. The van der Waals surface area contributed by atoms with Crippen molar-refractivity contribution in [3.05, 3.63) is 66.5 Å². The lowest BCUT2D eigenvalue weighted by molar-refractivity contribution is 0.398. The molecule has 0 aliphatic heterocycles. The number of fused-ring (bicyclic) bond motifs is 1. The molecule has 0 atom stereocenters. The molecule has 0 unspecified atom stereocenters. The van der Waals surface area contributed by atoms with Gasteiger partial charge in [0.25, 0.3) is 0 Å². The number of ether oxygens (including phenoxy) is 1. The Morgan fingerprint density at radius 3 is 2.48 bits per heavy atom. The highest BCUT2D eigenvalue weighted by Gasteiger charge is 2.12. The molecule has 25 heavy (non-hydrogen) atoms. The minimum atomic E-state index is 0.572. The first kappa shape index (κ1) is 15.2. The van der Waals surface area contributed by atoms with E-state index in [2.05, 4.69) is 15.0 Å². The third-order valence-electron chi connectivity index (χ3n) is 3.94. The molecule has 5 nitrogen and oxygen atoms in total. The molecule has 0 spiro atoms. The van der Waals surface area contributed by atoms with Crippen molar-refractivity contribution < 1.29 is 4.74 Å². The van der Waals surface area contributed by atoms with Gasteiger partial charge in [-0.05, 0) is 31.2 Å². The van der Waals surface area contributed by atoms with Crippen LogP contribution < -0.4 is 4.74 Å². The molecule has 3 heterocycles.